The highest BCUT2D eigenvalue weighted by Crippen LogP contribution is 2.28. The van der Waals surface area contributed by atoms with Gasteiger partial charge >= 0.3 is 0 Å². The molecule has 0 radical (unpaired) electrons. The molecular formula is C11H12BrClFNO. The van der Waals surface area contributed by atoms with E-state index in [0.717, 1.165) is 0 Å². The van der Waals surface area contributed by atoms with Gasteiger partial charge in [-0.3, -0.25) is 4.79 Å². The van der Waals surface area contributed by atoms with E-state index >= 15 is 0 Å². The molecule has 0 saturated heterocycles. The van der Waals surface area contributed by atoms with E-state index in [1.165, 1.54) is 6.07 Å². The fraction of sp³-hybridized carbons (Fsp3) is 0.364. The average Bonchev–Trinajstić information content (AvgIpc) is 2.24. The third-order valence-electron chi connectivity index (χ3n) is 2.50. The van der Waals surface area contributed by atoms with Crippen molar-refractivity contribution in [2.75, 3.05) is 0 Å². The predicted molar refractivity (Wildman–Crippen MR) is 66.3 cm³/mol. The Labute approximate surface area is 107 Å². The summed E-state index contributed by atoms with van der Waals surface area (Å²) < 4.78 is 14.1. The van der Waals surface area contributed by atoms with Crippen molar-refractivity contribution in [2.24, 2.45) is 11.7 Å². The minimum absolute atomic E-state index is 0.0157. The van der Waals surface area contributed by atoms with Crippen molar-refractivity contribution in [2.45, 2.75) is 19.9 Å². The predicted octanol–water partition coefficient (Wildman–Crippen LogP) is 3.41. The number of hydrogen-bond acceptors (Lipinski definition) is 2. The molecule has 0 fully saturated rings. The smallest absolute Gasteiger partial charge is 0.170 e. The van der Waals surface area contributed by atoms with E-state index in [1.807, 2.05) is 0 Å². The summed E-state index contributed by atoms with van der Waals surface area (Å²) in [7, 11) is 0. The quantitative estimate of drug-likeness (QED) is 0.687. The van der Waals surface area contributed by atoms with E-state index in [1.54, 1.807) is 19.9 Å². The van der Waals surface area contributed by atoms with Crippen LogP contribution in [0.25, 0.3) is 0 Å². The van der Waals surface area contributed by atoms with Gasteiger partial charge in [-0.25, -0.2) is 4.39 Å². The summed E-state index contributed by atoms with van der Waals surface area (Å²) >= 11 is 8.79. The summed E-state index contributed by atoms with van der Waals surface area (Å²) in [5.41, 5.74) is 5.59. The van der Waals surface area contributed by atoms with Gasteiger partial charge < -0.3 is 5.73 Å². The minimum Gasteiger partial charge on any atom is -0.327 e. The van der Waals surface area contributed by atoms with Gasteiger partial charge in [0.2, 0.25) is 0 Å². The first-order valence-electron chi connectivity index (χ1n) is 4.79. The van der Waals surface area contributed by atoms with Crippen molar-refractivity contribution in [3.63, 3.8) is 0 Å². The molecule has 0 saturated carbocycles. The van der Waals surface area contributed by atoms with E-state index < -0.39 is 11.7 Å². The number of nitrogens with two attached hydrogens (primary N) is 1. The molecule has 0 aliphatic carbocycles. The molecule has 0 bridgehead atoms. The summed E-state index contributed by atoms with van der Waals surface area (Å²) in [5, 5.41) is -0.0808. The van der Waals surface area contributed by atoms with Crippen LogP contribution in [0, 0.1) is 11.7 Å². The van der Waals surface area contributed by atoms with Gasteiger partial charge in [0, 0.05) is 16.4 Å². The number of carbonyl (C=O) groups is 1. The standard InChI is InChI=1S/C11H12BrClFNO/c1-5(6(2)15)11(16)7-3-4-8(12)9(13)10(7)14/h3-6H,15H2,1-2H3. The van der Waals surface area contributed by atoms with Crippen molar-refractivity contribution in [3.8, 4) is 0 Å². The topological polar surface area (TPSA) is 43.1 Å². The van der Waals surface area contributed by atoms with Crippen LogP contribution in [0.2, 0.25) is 5.02 Å². The molecule has 1 rings (SSSR count). The van der Waals surface area contributed by atoms with Crippen LogP contribution in [0.15, 0.2) is 16.6 Å². The Kier molecular flexibility index (Phi) is 4.47. The maximum absolute atomic E-state index is 13.7. The van der Waals surface area contributed by atoms with Crippen molar-refractivity contribution >= 4 is 33.3 Å². The Morgan fingerprint density at radius 3 is 2.56 bits per heavy atom. The highest BCUT2D eigenvalue weighted by atomic mass is 79.9. The normalized spacial score (nSPS) is 14.6. The third kappa shape index (κ3) is 2.62. The first kappa shape index (κ1) is 13.6. The van der Waals surface area contributed by atoms with Gasteiger partial charge in [-0.2, -0.15) is 0 Å². The molecule has 1 aromatic rings. The van der Waals surface area contributed by atoms with Gasteiger partial charge in [0.25, 0.3) is 0 Å². The molecule has 0 heterocycles. The van der Waals surface area contributed by atoms with Crippen molar-refractivity contribution in [3.05, 3.63) is 33.0 Å². The maximum Gasteiger partial charge on any atom is 0.170 e. The number of carbonyl (C=O) groups excluding carboxylic acids is 1. The van der Waals surface area contributed by atoms with Crippen LogP contribution in [0.3, 0.4) is 0 Å². The van der Waals surface area contributed by atoms with Crippen LogP contribution in [0.4, 0.5) is 4.39 Å². The Bertz CT molecular complexity index is 423. The van der Waals surface area contributed by atoms with Gasteiger partial charge in [0.05, 0.1) is 10.6 Å². The second-order valence-corrected chi connectivity index (χ2v) is 4.97. The van der Waals surface area contributed by atoms with Crippen LogP contribution < -0.4 is 5.73 Å². The highest BCUT2D eigenvalue weighted by molar-refractivity contribution is 9.10. The lowest BCUT2D eigenvalue weighted by Gasteiger charge is -2.15. The maximum atomic E-state index is 13.7. The Morgan fingerprint density at radius 1 is 1.50 bits per heavy atom. The lowest BCUT2D eigenvalue weighted by Crippen LogP contribution is -2.31. The highest BCUT2D eigenvalue weighted by Gasteiger charge is 2.23. The largest absolute Gasteiger partial charge is 0.327 e. The van der Waals surface area contributed by atoms with E-state index in [-0.39, 0.29) is 22.4 Å². The van der Waals surface area contributed by atoms with E-state index in [2.05, 4.69) is 15.9 Å². The van der Waals surface area contributed by atoms with Gasteiger partial charge in [-0.15, -0.1) is 0 Å². The fourth-order valence-electron chi connectivity index (χ4n) is 1.20. The molecule has 16 heavy (non-hydrogen) atoms. The number of benzene rings is 1. The number of halogens is 3. The Balaban J connectivity index is 3.15. The molecule has 5 heteroatoms. The minimum atomic E-state index is -0.700. The van der Waals surface area contributed by atoms with Gasteiger partial charge in [-0.1, -0.05) is 18.5 Å². The molecule has 0 aromatic heterocycles. The summed E-state index contributed by atoms with van der Waals surface area (Å²) in [6.45, 7) is 3.38. The molecule has 2 unspecified atom stereocenters. The summed E-state index contributed by atoms with van der Waals surface area (Å²) in [4.78, 5) is 11.9. The van der Waals surface area contributed by atoms with E-state index in [0.29, 0.717) is 4.47 Å². The Hall–Kier alpha value is -0.450. The molecule has 2 nitrogen and oxygen atoms in total. The molecule has 0 aliphatic heterocycles. The number of rotatable bonds is 3. The molecule has 0 aliphatic rings. The van der Waals surface area contributed by atoms with Crippen LogP contribution in [0.1, 0.15) is 24.2 Å². The number of Topliss-reactive ketones (excluding diaryl/α,β-unsaturated/α-hetero) is 1. The van der Waals surface area contributed by atoms with Crippen LogP contribution in [0.5, 0.6) is 0 Å². The van der Waals surface area contributed by atoms with E-state index in [4.69, 9.17) is 17.3 Å². The third-order valence-corrected chi connectivity index (χ3v) is 3.76. The zero-order valence-corrected chi connectivity index (χ0v) is 11.3. The first-order chi connectivity index (χ1) is 7.36. The van der Waals surface area contributed by atoms with Crippen LogP contribution in [-0.4, -0.2) is 11.8 Å². The van der Waals surface area contributed by atoms with Crippen LogP contribution >= 0.6 is 27.5 Å². The second kappa shape index (κ2) is 5.25. The zero-order chi connectivity index (χ0) is 12.5. The van der Waals surface area contributed by atoms with Crippen LogP contribution in [-0.2, 0) is 0 Å². The monoisotopic (exact) mass is 307 g/mol. The lowest BCUT2D eigenvalue weighted by molar-refractivity contribution is 0.0913. The Morgan fingerprint density at radius 2 is 2.06 bits per heavy atom. The van der Waals surface area contributed by atoms with Gasteiger partial charge in [0.15, 0.2) is 11.6 Å². The second-order valence-electron chi connectivity index (χ2n) is 3.73. The first-order valence-corrected chi connectivity index (χ1v) is 5.96. The van der Waals surface area contributed by atoms with Crippen molar-refractivity contribution in [1.82, 2.24) is 0 Å². The summed E-state index contributed by atoms with van der Waals surface area (Å²) in [5.74, 6) is -1.47. The molecule has 2 N–H and O–H groups in total. The zero-order valence-electron chi connectivity index (χ0n) is 8.93. The van der Waals surface area contributed by atoms with E-state index in [9.17, 15) is 9.18 Å². The van der Waals surface area contributed by atoms with Gasteiger partial charge in [-0.05, 0) is 35.0 Å². The fourth-order valence-corrected chi connectivity index (χ4v) is 1.67. The van der Waals surface area contributed by atoms with Crippen molar-refractivity contribution in [1.29, 1.82) is 0 Å². The molecule has 2 atom stereocenters. The summed E-state index contributed by atoms with van der Waals surface area (Å²) in [6.07, 6.45) is 0. The average molecular weight is 309 g/mol. The lowest BCUT2D eigenvalue weighted by atomic mass is 9.94. The SMILES string of the molecule is CC(N)C(C)C(=O)c1ccc(Br)c(Cl)c1F. The number of ketones is 1. The molecular weight excluding hydrogens is 296 g/mol. The molecule has 0 amide bonds. The van der Waals surface area contributed by atoms with Crippen molar-refractivity contribution < 1.29 is 9.18 Å². The molecule has 1 aromatic carbocycles. The molecule has 88 valence electrons. The van der Waals surface area contributed by atoms with Gasteiger partial charge in [0.1, 0.15) is 0 Å². The molecule has 0 spiro atoms. The summed E-state index contributed by atoms with van der Waals surface area (Å²) in [6, 6.07) is 2.63. The number of hydrogen-bond donors (Lipinski definition) is 1.